The van der Waals surface area contributed by atoms with Crippen LogP contribution in [0.2, 0.25) is 0 Å². The van der Waals surface area contributed by atoms with Crippen LogP contribution in [0.3, 0.4) is 0 Å². The van der Waals surface area contributed by atoms with Crippen LogP contribution in [0.4, 0.5) is 10.1 Å². The average Bonchev–Trinajstić information content (AvgIpc) is 3.32. The van der Waals surface area contributed by atoms with E-state index in [1.54, 1.807) is 11.1 Å². The van der Waals surface area contributed by atoms with Gasteiger partial charge in [-0.2, -0.15) is 0 Å². The van der Waals surface area contributed by atoms with E-state index in [9.17, 15) is 17.6 Å². The third kappa shape index (κ3) is 3.49. The van der Waals surface area contributed by atoms with Crippen molar-refractivity contribution in [3.8, 4) is 11.3 Å². The molecule has 0 saturated heterocycles. The monoisotopic (exact) mass is 451 g/mol. The summed E-state index contributed by atoms with van der Waals surface area (Å²) in [6, 6.07) is 14.1. The summed E-state index contributed by atoms with van der Waals surface area (Å²) in [6.45, 7) is 1.88. The van der Waals surface area contributed by atoms with Crippen molar-refractivity contribution in [1.82, 2.24) is 4.98 Å². The normalized spacial score (nSPS) is 19.7. The topological polar surface area (TPSA) is 93.4 Å². The number of amides is 1. The van der Waals surface area contributed by atoms with Crippen LogP contribution in [0, 0.1) is 11.7 Å². The van der Waals surface area contributed by atoms with Gasteiger partial charge in [-0.05, 0) is 73.2 Å². The Kier molecular flexibility index (Phi) is 4.87. The minimum atomic E-state index is -4.23. The summed E-state index contributed by atoms with van der Waals surface area (Å²) in [6.07, 6.45) is 3.42. The van der Waals surface area contributed by atoms with Gasteiger partial charge in [-0.25, -0.2) is 17.9 Å². The molecule has 0 radical (unpaired) electrons. The number of aromatic nitrogens is 1. The second-order valence-electron chi connectivity index (χ2n) is 8.52. The molecule has 0 saturated carbocycles. The zero-order chi connectivity index (χ0) is 22.6. The predicted molar refractivity (Wildman–Crippen MR) is 119 cm³/mol. The quantitative estimate of drug-likeness (QED) is 0.662. The summed E-state index contributed by atoms with van der Waals surface area (Å²) >= 11 is 0. The molecule has 8 heteroatoms. The Hall–Kier alpha value is -3.10. The van der Waals surface area contributed by atoms with Crippen molar-refractivity contribution >= 4 is 21.6 Å². The van der Waals surface area contributed by atoms with Crippen molar-refractivity contribution in [3.05, 3.63) is 77.2 Å². The lowest BCUT2D eigenvalue weighted by Crippen LogP contribution is -2.40. The van der Waals surface area contributed by atoms with E-state index in [1.807, 2.05) is 37.3 Å². The standard InChI is InChI=1S/C24H22FN3O3S/c1-14-8-18-12-20(25)23(32(26,30)31)13-22(18)28(14)24(29)19-9-15-5-6-16(10-17(15)11-19)21-4-2-3-7-27-21/h2-7,10,12-14,19H,8-9,11H2,1H3,(H2,26,30,31)/t14-,19+/m0/s1. The maximum atomic E-state index is 14.3. The number of carbonyl (C=O) groups excluding carboxylic acids is 1. The van der Waals surface area contributed by atoms with Gasteiger partial charge in [0.25, 0.3) is 0 Å². The van der Waals surface area contributed by atoms with E-state index < -0.39 is 20.7 Å². The van der Waals surface area contributed by atoms with Crippen LogP contribution < -0.4 is 10.0 Å². The highest BCUT2D eigenvalue weighted by molar-refractivity contribution is 7.89. The Morgan fingerprint density at radius 1 is 1.06 bits per heavy atom. The van der Waals surface area contributed by atoms with Crippen LogP contribution >= 0.6 is 0 Å². The Morgan fingerprint density at radius 2 is 1.84 bits per heavy atom. The van der Waals surface area contributed by atoms with Gasteiger partial charge in [0.15, 0.2) is 0 Å². The fraction of sp³-hybridized carbons (Fsp3) is 0.250. The number of sulfonamides is 1. The van der Waals surface area contributed by atoms with E-state index in [-0.39, 0.29) is 17.9 Å². The minimum Gasteiger partial charge on any atom is -0.309 e. The molecule has 1 aliphatic heterocycles. The number of hydrogen-bond acceptors (Lipinski definition) is 4. The van der Waals surface area contributed by atoms with E-state index >= 15 is 0 Å². The molecule has 32 heavy (non-hydrogen) atoms. The summed E-state index contributed by atoms with van der Waals surface area (Å²) in [5.74, 6) is -1.23. The van der Waals surface area contributed by atoms with Gasteiger partial charge in [0.2, 0.25) is 15.9 Å². The second kappa shape index (κ2) is 7.50. The molecule has 2 N–H and O–H groups in total. The molecule has 1 amide bonds. The molecule has 0 fully saturated rings. The largest absolute Gasteiger partial charge is 0.309 e. The lowest BCUT2D eigenvalue weighted by Gasteiger charge is -2.26. The number of nitrogens with two attached hydrogens (primary N) is 1. The van der Waals surface area contributed by atoms with Gasteiger partial charge in [0.1, 0.15) is 10.7 Å². The zero-order valence-corrected chi connectivity index (χ0v) is 18.3. The molecule has 0 unspecified atom stereocenters. The highest BCUT2D eigenvalue weighted by Gasteiger charge is 2.38. The molecule has 6 nitrogen and oxygen atoms in total. The van der Waals surface area contributed by atoms with E-state index in [4.69, 9.17) is 5.14 Å². The van der Waals surface area contributed by atoms with Crippen molar-refractivity contribution in [2.24, 2.45) is 11.1 Å². The highest BCUT2D eigenvalue weighted by atomic mass is 32.2. The van der Waals surface area contributed by atoms with Crippen LogP contribution in [0.15, 0.2) is 59.6 Å². The first-order chi connectivity index (χ1) is 15.2. The average molecular weight is 452 g/mol. The van der Waals surface area contributed by atoms with Gasteiger partial charge < -0.3 is 4.90 Å². The first-order valence-corrected chi connectivity index (χ1v) is 12.0. The number of carbonyl (C=O) groups is 1. The number of halogens is 1. The molecule has 1 aliphatic carbocycles. The number of pyridine rings is 1. The first kappa shape index (κ1) is 20.8. The third-order valence-corrected chi connectivity index (χ3v) is 7.27. The number of rotatable bonds is 3. The van der Waals surface area contributed by atoms with Gasteiger partial charge in [-0.3, -0.25) is 9.78 Å². The SMILES string of the molecule is C[C@H]1Cc2cc(F)c(S(N)(=O)=O)cc2N1C(=O)[C@@H]1Cc2ccc(-c3ccccn3)cc2C1. The number of benzene rings is 2. The van der Waals surface area contributed by atoms with E-state index in [2.05, 4.69) is 11.1 Å². The van der Waals surface area contributed by atoms with Crippen molar-refractivity contribution in [1.29, 1.82) is 0 Å². The van der Waals surface area contributed by atoms with Crippen molar-refractivity contribution in [2.45, 2.75) is 37.1 Å². The second-order valence-corrected chi connectivity index (χ2v) is 10.1. The van der Waals surface area contributed by atoms with Crippen LogP contribution in [0.25, 0.3) is 11.3 Å². The maximum absolute atomic E-state index is 14.3. The number of primary sulfonamides is 1. The lowest BCUT2D eigenvalue weighted by atomic mass is 10.0. The summed E-state index contributed by atoms with van der Waals surface area (Å²) in [5.41, 5.74) is 5.17. The first-order valence-electron chi connectivity index (χ1n) is 10.4. The van der Waals surface area contributed by atoms with Crippen molar-refractivity contribution < 1.29 is 17.6 Å². The molecule has 2 heterocycles. The maximum Gasteiger partial charge on any atom is 0.241 e. The molecular weight excluding hydrogens is 429 g/mol. The van der Waals surface area contributed by atoms with E-state index in [1.165, 1.54) is 12.1 Å². The Labute approximate surface area is 185 Å². The Balaban J connectivity index is 1.44. The van der Waals surface area contributed by atoms with Gasteiger partial charge in [0, 0.05) is 29.4 Å². The summed E-state index contributed by atoms with van der Waals surface area (Å²) < 4.78 is 37.9. The molecule has 0 bridgehead atoms. The lowest BCUT2D eigenvalue weighted by molar-refractivity contribution is -0.122. The van der Waals surface area contributed by atoms with Gasteiger partial charge in [-0.1, -0.05) is 18.2 Å². The summed E-state index contributed by atoms with van der Waals surface area (Å²) in [7, 11) is -4.23. The molecule has 3 aromatic rings. The molecule has 2 aliphatic rings. The highest BCUT2D eigenvalue weighted by Crippen LogP contribution is 2.39. The van der Waals surface area contributed by atoms with Crippen LogP contribution in [-0.4, -0.2) is 25.4 Å². The molecule has 1 aromatic heterocycles. The smallest absolute Gasteiger partial charge is 0.241 e. The number of anilines is 1. The number of nitrogens with zero attached hydrogens (tertiary/aromatic N) is 2. The fourth-order valence-corrected chi connectivity index (χ4v) is 5.46. The molecule has 2 aromatic carbocycles. The Bertz CT molecular complexity index is 1340. The molecule has 164 valence electrons. The molecular formula is C24H22FN3O3S. The van der Waals surface area contributed by atoms with Crippen molar-refractivity contribution in [2.75, 3.05) is 4.90 Å². The van der Waals surface area contributed by atoms with Gasteiger partial charge in [-0.15, -0.1) is 0 Å². The van der Waals surface area contributed by atoms with E-state index in [0.29, 0.717) is 30.5 Å². The van der Waals surface area contributed by atoms with Crippen LogP contribution in [-0.2, 0) is 34.1 Å². The number of fused-ring (bicyclic) bond motifs is 2. The summed E-state index contributed by atoms with van der Waals surface area (Å²) in [4.78, 5) is 19.0. The van der Waals surface area contributed by atoms with E-state index in [0.717, 1.165) is 22.4 Å². The minimum absolute atomic E-state index is 0.0844. The van der Waals surface area contributed by atoms with Gasteiger partial charge >= 0.3 is 0 Å². The predicted octanol–water partition coefficient (Wildman–Crippen LogP) is 3.23. The molecule has 2 atom stereocenters. The van der Waals surface area contributed by atoms with Crippen molar-refractivity contribution in [3.63, 3.8) is 0 Å². The summed E-state index contributed by atoms with van der Waals surface area (Å²) in [5, 5.41) is 5.17. The molecule has 5 rings (SSSR count). The Morgan fingerprint density at radius 3 is 2.56 bits per heavy atom. The van der Waals surface area contributed by atoms with Gasteiger partial charge in [0.05, 0.1) is 5.69 Å². The van der Waals surface area contributed by atoms with Crippen LogP contribution in [0.5, 0.6) is 0 Å². The third-order valence-electron chi connectivity index (χ3n) is 6.34. The molecule has 0 spiro atoms. The van der Waals surface area contributed by atoms with Crippen LogP contribution in [0.1, 0.15) is 23.6 Å². The zero-order valence-electron chi connectivity index (χ0n) is 17.5. The number of hydrogen-bond donors (Lipinski definition) is 1. The fourth-order valence-electron chi connectivity index (χ4n) is 4.85.